The van der Waals surface area contributed by atoms with Crippen molar-refractivity contribution in [2.24, 2.45) is 5.73 Å². The van der Waals surface area contributed by atoms with Crippen LogP contribution in [-0.4, -0.2) is 45.1 Å². The van der Waals surface area contributed by atoms with Crippen LogP contribution in [0.25, 0.3) is 0 Å². The van der Waals surface area contributed by atoms with Crippen LogP contribution in [-0.2, 0) is 0 Å². The maximum Gasteiger partial charge on any atom is 1.00 e. The molecule has 7 heteroatoms. The van der Waals surface area contributed by atoms with Crippen LogP contribution in [0, 0.1) is 0 Å². The third-order valence-electron chi connectivity index (χ3n) is 0.918. The van der Waals surface area contributed by atoms with Gasteiger partial charge in [0.2, 0.25) is 0 Å². The molecular weight excluding hydrogens is 223 g/mol. The van der Waals surface area contributed by atoms with Gasteiger partial charge in [0.15, 0.2) is 0 Å². The first-order chi connectivity index (χ1) is 5.20. The molecule has 0 saturated carbocycles. The summed E-state index contributed by atoms with van der Waals surface area (Å²) < 4.78 is 2.01. The summed E-state index contributed by atoms with van der Waals surface area (Å²) in [6.45, 7) is 0.996. The first kappa shape index (κ1) is 16.2. The van der Waals surface area contributed by atoms with Crippen LogP contribution < -0.4 is 57.1 Å². The van der Waals surface area contributed by atoms with Crippen molar-refractivity contribution in [3.05, 3.63) is 0 Å². The molecule has 0 unspecified atom stereocenters. The molecule has 0 radical (unpaired) electrons. The predicted molar refractivity (Wildman–Crippen MR) is 51.2 cm³/mol. The summed E-state index contributed by atoms with van der Waals surface area (Å²) in [5.41, 5.74) is 5.24. The van der Waals surface area contributed by atoms with E-state index in [0.717, 1.165) is 0 Å². The molecule has 4 N–H and O–H groups in total. The summed E-state index contributed by atoms with van der Waals surface area (Å²) >= 11 is 5.81. The van der Waals surface area contributed by atoms with Crippen molar-refractivity contribution < 1.29 is 63.0 Å². The summed E-state index contributed by atoms with van der Waals surface area (Å²) in [6, 6.07) is 0. The fourth-order valence-corrected chi connectivity index (χ4v) is 1.47. The van der Waals surface area contributed by atoms with Gasteiger partial charge in [0.1, 0.15) is 4.32 Å². The number of nitrogens with zero attached hydrogens (tertiary/aromatic N) is 1. The zero-order chi connectivity index (χ0) is 8.69. The zero-order valence-electron chi connectivity index (χ0n) is 8.06. The Hall–Kier alpha value is 1.76. The van der Waals surface area contributed by atoms with Gasteiger partial charge in [0, 0.05) is 13.1 Å². The third kappa shape index (κ3) is 9.84. The molecule has 0 aromatic rings. The maximum atomic E-state index is 8.56. The number of hydrogen-bond donors (Lipinski definition) is 3. The summed E-state index contributed by atoms with van der Waals surface area (Å²) in [6.07, 6.45) is 0. The molecule has 0 spiro atoms. The van der Waals surface area contributed by atoms with Gasteiger partial charge in [-0.25, -0.2) is 4.31 Å². The SMILES string of the molecule is NC(=S)SN(CCO)CCO.[H-].[K+]. The second kappa shape index (κ2) is 10.8. The first-order valence-electron chi connectivity index (χ1n) is 3.14. The number of hydrogen-bond acceptors (Lipinski definition) is 5. The van der Waals surface area contributed by atoms with Gasteiger partial charge in [-0.3, -0.25) is 0 Å². The average Bonchev–Trinajstić information content (AvgIpc) is 1.87. The van der Waals surface area contributed by atoms with E-state index in [-0.39, 0.29) is 66.0 Å². The molecule has 68 valence electrons. The summed E-state index contributed by atoms with van der Waals surface area (Å²) in [4.78, 5) is 0. The van der Waals surface area contributed by atoms with Gasteiger partial charge in [-0.1, -0.05) is 12.2 Å². The van der Waals surface area contributed by atoms with E-state index in [1.54, 1.807) is 4.31 Å². The third-order valence-corrected chi connectivity index (χ3v) is 1.94. The molecule has 0 saturated heterocycles. The summed E-state index contributed by atoms with van der Waals surface area (Å²) in [5, 5.41) is 17.1. The van der Waals surface area contributed by atoms with Crippen LogP contribution >= 0.6 is 24.2 Å². The van der Waals surface area contributed by atoms with Crippen LogP contribution in [0.5, 0.6) is 0 Å². The van der Waals surface area contributed by atoms with Crippen molar-refractivity contribution in [1.29, 1.82) is 0 Å². The zero-order valence-corrected chi connectivity index (χ0v) is 11.8. The van der Waals surface area contributed by atoms with Gasteiger partial charge in [-0.05, 0) is 11.9 Å². The van der Waals surface area contributed by atoms with E-state index in [1.807, 2.05) is 0 Å². The van der Waals surface area contributed by atoms with Gasteiger partial charge < -0.3 is 17.4 Å². The van der Waals surface area contributed by atoms with E-state index >= 15 is 0 Å². The topological polar surface area (TPSA) is 69.7 Å². The molecule has 0 heterocycles. The van der Waals surface area contributed by atoms with Gasteiger partial charge in [0.25, 0.3) is 0 Å². The second-order valence-electron chi connectivity index (χ2n) is 1.79. The Bertz CT molecular complexity index is 127. The molecule has 0 aromatic carbocycles. The fraction of sp³-hybridized carbons (Fsp3) is 0.800. The molecule has 4 nitrogen and oxygen atoms in total. The number of nitrogens with two attached hydrogens (primary N) is 1. The van der Waals surface area contributed by atoms with Crippen LogP contribution in [0.15, 0.2) is 0 Å². The van der Waals surface area contributed by atoms with Crippen molar-refractivity contribution in [3.63, 3.8) is 0 Å². The molecule has 0 atom stereocenters. The predicted octanol–water partition coefficient (Wildman–Crippen LogP) is -3.72. The van der Waals surface area contributed by atoms with Crippen molar-refractivity contribution in [2.75, 3.05) is 26.3 Å². The Kier molecular flexibility index (Phi) is 14.6. The molecule has 0 aliphatic carbocycles. The van der Waals surface area contributed by atoms with Gasteiger partial charge >= 0.3 is 51.4 Å². The molecule has 0 fully saturated rings. The molecule has 0 aromatic heterocycles. The van der Waals surface area contributed by atoms with Crippen LogP contribution in [0.1, 0.15) is 1.43 Å². The fourth-order valence-electron chi connectivity index (χ4n) is 0.553. The van der Waals surface area contributed by atoms with E-state index in [1.165, 1.54) is 11.9 Å². The average molecular weight is 236 g/mol. The number of aliphatic hydroxyl groups excluding tert-OH is 2. The molecular formula is C5H13KN2O2S2. The van der Waals surface area contributed by atoms with Crippen LogP contribution in [0.2, 0.25) is 0 Å². The number of rotatable bonds is 5. The largest absolute Gasteiger partial charge is 1.00 e. The van der Waals surface area contributed by atoms with E-state index in [9.17, 15) is 0 Å². The number of aliphatic hydroxyl groups is 2. The van der Waals surface area contributed by atoms with E-state index in [0.29, 0.717) is 17.4 Å². The second-order valence-corrected chi connectivity index (χ2v) is 3.62. The Labute approximate surface area is 126 Å². The quantitative estimate of drug-likeness (QED) is 0.259. The summed E-state index contributed by atoms with van der Waals surface area (Å²) in [7, 11) is 0. The summed E-state index contributed by atoms with van der Waals surface area (Å²) in [5.74, 6) is 0. The van der Waals surface area contributed by atoms with Crippen LogP contribution in [0.4, 0.5) is 0 Å². The normalized spacial score (nSPS) is 9.58. The first-order valence-corrected chi connectivity index (χ1v) is 4.33. The van der Waals surface area contributed by atoms with Gasteiger partial charge in [-0.15, -0.1) is 0 Å². The number of thiocarbonyl (C=S) groups is 1. The molecule has 0 aliphatic rings. The van der Waals surface area contributed by atoms with Crippen molar-refractivity contribution in [2.45, 2.75) is 0 Å². The monoisotopic (exact) mass is 236 g/mol. The van der Waals surface area contributed by atoms with E-state index in [4.69, 9.17) is 15.9 Å². The van der Waals surface area contributed by atoms with Crippen molar-refractivity contribution in [3.8, 4) is 0 Å². The van der Waals surface area contributed by atoms with Crippen LogP contribution in [0.3, 0.4) is 0 Å². The van der Waals surface area contributed by atoms with Crippen molar-refractivity contribution in [1.82, 2.24) is 4.31 Å². The molecule has 0 amide bonds. The minimum atomic E-state index is 0. The Morgan fingerprint density at radius 2 is 1.83 bits per heavy atom. The van der Waals surface area contributed by atoms with Gasteiger partial charge in [0.05, 0.1) is 13.2 Å². The molecule has 12 heavy (non-hydrogen) atoms. The van der Waals surface area contributed by atoms with Crippen molar-refractivity contribution >= 4 is 28.5 Å². The molecule has 0 bridgehead atoms. The maximum absolute atomic E-state index is 8.56. The van der Waals surface area contributed by atoms with Gasteiger partial charge in [-0.2, -0.15) is 0 Å². The Balaban J connectivity index is -0.000000500. The molecule has 0 rings (SSSR count). The smallest absolute Gasteiger partial charge is 1.00 e. The Morgan fingerprint density at radius 1 is 1.42 bits per heavy atom. The standard InChI is InChI=1S/C5H12N2O2S2.K.H/c6-5(10)11-7(1-3-8)2-4-9;;/h8-9H,1-4H2,(H2,6,10);;/q;+1;-1. The van der Waals surface area contributed by atoms with E-state index < -0.39 is 0 Å². The molecule has 0 aliphatic heterocycles. The minimum absolute atomic E-state index is 0. The van der Waals surface area contributed by atoms with E-state index in [2.05, 4.69) is 12.2 Å². The Morgan fingerprint density at radius 3 is 2.08 bits per heavy atom. The minimum Gasteiger partial charge on any atom is -1.00 e.